The van der Waals surface area contributed by atoms with Gasteiger partial charge in [-0.15, -0.1) is 0 Å². The Morgan fingerprint density at radius 1 is 1.04 bits per heavy atom. The summed E-state index contributed by atoms with van der Waals surface area (Å²) >= 11 is 0. The zero-order valence-electron chi connectivity index (χ0n) is 14.3. The number of para-hydroxylation sites is 2. The molecule has 2 heterocycles. The Kier molecular flexibility index (Phi) is 4.27. The third kappa shape index (κ3) is 3.01. The maximum Gasteiger partial charge on any atom is 0.339 e. The Hall–Kier alpha value is -3.35. The number of hydrogen-bond acceptors (Lipinski definition) is 4. The zero-order valence-corrected chi connectivity index (χ0v) is 14.3. The SMILES string of the molecule is CC(OC(=O)c1cccc2ncccc12)c1nc2ccccc2n1C(F)F. The van der Waals surface area contributed by atoms with Gasteiger partial charge in [-0.25, -0.2) is 9.78 Å². The van der Waals surface area contributed by atoms with Crippen LogP contribution in [-0.2, 0) is 4.74 Å². The van der Waals surface area contributed by atoms with E-state index in [2.05, 4.69) is 9.97 Å². The van der Waals surface area contributed by atoms with Crippen molar-refractivity contribution in [1.82, 2.24) is 14.5 Å². The van der Waals surface area contributed by atoms with E-state index < -0.39 is 18.6 Å². The van der Waals surface area contributed by atoms with Gasteiger partial charge in [0.2, 0.25) is 0 Å². The highest BCUT2D eigenvalue weighted by Gasteiger charge is 2.25. The molecule has 0 radical (unpaired) electrons. The lowest BCUT2D eigenvalue weighted by molar-refractivity contribution is 0.0235. The molecule has 0 fully saturated rings. The molecule has 0 amide bonds. The molecule has 0 bridgehead atoms. The fourth-order valence-corrected chi connectivity index (χ4v) is 3.11. The average Bonchev–Trinajstić information content (AvgIpc) is 3.07. The van der Waals surface area contributed by atoms with Crippen LogP contribution in [0, 0.1) is 0 Å². The van der Waals surface area contributed by atoms with Gasteiger partial charge in [0.25, 0.3) is 0 Å². The molecule has 0 aliphatic rings. The predicted octanol–water partition coefficient (Wildman–Crippen LogP) is 4.90. The van der Waals surface area contributed by atoms with Crippen molar-refractivity contribution in [2.24, 2.45) is 0 Å². The Bertz CT molecular complexity index is 1140. The predicted molar refractivity (Wildman–Crippen MR) is 96.6 cm³/mol. The summed E-state index contributed by atoms with van der Waals surface area (Å²) in [5.74, 6) is -0.619. The third-order valence-corrected chi connectivity index (χ3v) is 4.33. The highest BCUT2D eigenvalue weighted by atomic mass is 19.3. The summed E-state index contributed by atoms with van der Waals surface area (Å²) in [6, 6.07) is 15.2. The van der Waals surface area contributed by atoms with Crippen molar-refractivity contribution in [1.29, 1.82) is 0 Å². The topological polar surface area (TPSA) is 57.0 Å². The lowest BCUT2D eigenvalue weighted by Crippen LogP contribution is -2.15. The molecule has 0 aliphatic heterocycles. The minimum Gasteiger partial charge on any atom is -0.451 e. The number of aromatic nitrogens is 3. The number of carbonyl (C=O) groups is 1. The fraction of sp³-hybridized carbons (Fsp3) is 0.150. The standard InChI is InChI=1S/C20H15F2N3O2/c1-12(18-24-16-8-2-3-10-17(16)25(18)20(21)22)27-19(26)14-6-4-9-15-13(14)7-5-11-23-15/h2-12,20H,1H3. The molecule has 136 valence electrons. The normalized spacial score (nSPS) is 12.6. The monoisotopic (exact) mass is 367 g/mol. The number of pyridine rings is 1. The van der Waals surface area contributed by atoms with E-state index in [-0.39, 0.29) is 5.82 Å². The number of esters is 1. The van der Waals surface area contributed by atoms with Gasteiger partial charge in [-0.2, -0.15) is 8.78 Å². The largest absolute Gasteiger partial charge is 0.451 e. The summed E-state index contributed by atoms with van der Waals surface area (Å²) in [6.45, 7) is -1.27. The zero-order chi connectivity index (χ0) is 19.0. The van der Waals surface area contributed by atoms with Gasteiger partial charge in [0.15, 0.2) is 11.9 Å². The van der Waals surface area contributed by atoms with Crippen LogP contribution in [0.15, 0.2) is 60.8 Å². The van der Waals surface area contributed by atoms with E-state index in [4.69, 9.17) is 4.74 Å². The first-order valence-corrected chi connectivity index (χ1v) is 8.36. The molecule has 0 aliphatic carbocycles. The first-order chi connectivity index (χ1) is 13.1. The van der Waals surface area contributed by atoms with Crippen molar-refractivity contribution in [2.75, 3.05) is 0 Å². The van der Waals surface area contributed by atoms with Crippen molar-refractivity contribution in [3.8, 4) is 0 Å². The number of benzene rings is 2. The van der Waals surface area contributed by atoms with E-state index in [9.17, 15) is 13.6 Å². The van der Waals surface area contributed by atoms with Crippen molar-refractivity contribution in [3.05, 3.63) is 72.2 Å². The number of nitrogens with zero attached hydrogens (tertiary/aromatic N) is 3. The van der Waals surface area contributed by atoms with Crippen LogP contribution in [0.5, 0.6) is 0 Å². The maximum absolute atomic E-state index is 13.6. The Morgan fingerprint density at radius 2 is 1.81 bits per heavy atom. The molecular formula is C20H15F2N3O2. The second-order valence-corrected chi connectivity index (χ2v) is 6.03. The summed E-state index contributed by atoms with van der Waals surface area (Å²) < 4.78 is 33.4. The molecule has 1 atom stereocenters. The molecule has 0 spiro atoms. The van der Waals surface area contributed by atoms with E-state index in [1.54, 1.807) is 60.8 Å². The van der Waals surface area contributed by atoms with Gasteiger partial charge in [0, 0.05) is 11.6 Å². The number of carbonyl (C=O) groups excluding carboxylic acids is 1. The van der Waals surface area contributed by atoms with Crippen LogP contribution >= 0.6 is 0 Å². The van der Waals surface area contributed by atoms with Crippen molar-refractivity contribution < 1.29 is 18.3 Å². The van der Waals surface area contributed by atoms with Gasteiger partial charge in [0.05, 0.1) is 22.1 Å². The summed E-state index contributed by atoms with van der Waals surface area (Å²) in [5, 5.41) is 0.638. The molecule has 4 aromatic rings. The highest BCUT2D eigenvalue weighted by molar-refractivity contribution is 6.03. The van der Waals surface area contributed by atoms with Gasteiger partial charge < -0.3 is 4.74 Å². The number of ether oxygens (including phenoxy) is 1. The minimum absolute atomic E-state index is 0.00193. The Labute approximate surface area is 153 Å². The minimum atomic E-state index is -2.80. The molecule has 2 aromatic heterocycles. The molecular weight excluding hydrogens is 352 g/mol. The Morgan fingerprint density at radius 3 is 2.63 bits per heavy atom. The van der Waals surface area contributed by atoms with E-state index in [1.807, 2.05) is 0 Å². The van der Waals surface area contributed by atoms with Crippen LogP contribution in [0.2, 0.25) is 0 Å². The van der Waals surface area contributed by atoms with Crippen LogP contribution in [0.3, 0.4) is 0 Å². The van der Waals surface area contributed by atoms with Crippen LogP contribution in [0.25, 0.3) is 21.9 Å². The lowest BCUT2D eigenvalue weighted by atomic mass is 10.1. The summed E-state index contributed by atoms with van der Waals surface area (Å²) in [5.41, 5.74) is 1.69. The quantitative estimate of drug-likeness (QED) is 0.482. The van der Waals surface area contributed by atoms with Gasteiger partial charge in [-0.3, -0.25) is 9.55 Å². The average molecular weight is 367 g/mol. The van der Waals surface area contributed by atoms with Crippen LogP contribution < -0.4 is 0 Å². The lowest BCUT2D eigenvalue weighted by Gasteiger charge is -2.15. The molecule has 0 saturated carbocycles. The number of hydrogen-bond donors (Lipinski definition) is 0. The van der Waals surface area contributed by atoms with E-state index in [1.165, 1.54) is 6.92 Å². The van der Waals surface area contributed by atoms with Crippen LogP contribution in [0.1, 0.15) is 35.8 Å². The number of alkyl halides is 2. The van der Waals surface area contributed by atoms with Crippen molar-refractivity contribution >= 4 is 27.9 Å². The van der Waals surface area contributed by atoms with Gasteiger partial charge in [-0.05, 0) is 37.3 Å². The third-order valence-electron chi connectivity index (χ3n) is 4.33. The highest BCUT2D eigenvalue weighted by Crippen LogP contribution is 2.29. The van der Waals surface area contributed by atoms with E-state index in [0.717, 1.165) is 4.57 Å². The van der Waals surface area contributed by atoms with E-state index in [0.29, 0.717) is 27.5 Å². The molecule has 5 nitrogen and oxygen atoms in total. The summed E-state index contributed by atoms with van der Waals surface area (Å²) in [4.78, 5) is 21.1. The van der Waals surface area contributed by atoms with Crippen molar-refractivity contribution in [2.45, 2.75) is 19.6 Å². The molecule has 2 aromatic carbocycles. The molecule has 1 unspecified atom stereocenters. The Balaban J connectivity index is 1.70. The number of rotatable bonds is 4. The molecule has 0 saturated heterocycles. The van der Waals surface area contributed by atoms with E-state index >= 15 is 0 Å². The summed E-state index contributed by atoms with van der Waals surface area (Å²) in [7, 11) is 0. The van der Waals surface area contributed by atoms with Crippen molar-refractivity contribution in [3.63, 3.8) is 0 Å². The fourth-order valence-electron chi connectivity index (χ4n) is 3.11. The van der Waals surface area contributed by atoms with Gasteiger partial charge in [-0.1, -0.05) is 24.3 Å². The summed E-state index contributed by atoms with van der Waals surface area (Å²) in [6.07, 6.45) is 0.677. The molecule has 0 N–H and O–H groups in total. The number of imidazole rings is 1. The maximum atomic E-state index is 13.6. The van der Waals surface area contributed by atoms with Crippen LogP contribution in [0.4, 0.5) is 8.78 Å². The van der Waals surface area contributed by atoms with Gasteiger partial charge >= 0.3 is 12.5 Å². The first kappa shape index (κ1) is 17.1. The number of halogens is 2. The second-order valence-electron chi connectivity index (χ2n) is 6.03. The molecule has 4 rings (SSSR count). The number of fused-ring (bicyclic) bond motifs is 2. The molecule has 7 heteroatoms. The second kappa shape index (κ2) is 6.75. The smallest absolute Gasteiger partial charge is 0.339 e. The first-order valence-electron chi connectivity index (χ1n) is 8.36. The van der Waals surface area contributed by atoms with Crippen LogP contribution in [-0.4, -0.2) is 20.5 Å². The molecule has 27 heavy (non-hydrogen) atoms. The van der Waals surface area contributed by atoms with Gasteiger partial charge in [0.1, 0.15) is 0 Å².